The van der Waals surface area contributed by atoms with Gasteiger partial charge in [-0.1, -0.05) is 25.3 Å². The molecule has 0 amide bonds. The predicted octanol–water partition coefficient (Wildman–Crippen LogP) is 9.02. The van der Waals surface area contributed by atoms with Gasteiger partial charge in [-0.3, -0.25) is 0 Å². The van der Waals surface area contributed by atoms with Crippen molar-refractivity contribution in [2.75, 3.05) is 112 Å². The van der Waals surface area contributed by atoms with Crippen LogP contribution < -0.4 is 0 Å². The number of aliphatic carboxylic acids is 2. The molecule has 1 saturated carbocycles. The second-order valence-electron chi connectivity index (χ2n) is 16.8. The predicted molar refractivity (Wildman–Crippen MR) is 295 cm³/mol. The summed E-state index contributed by atoms with van der Waals surface area (Å²) in [6.45, 7) is 36.9. The minimum atomic E-state index is -2.87. The molecule has 1 aliphatic rings. The van der Waals surface area contributed by atoms with Crippen LogP contribution in [0, 0.1) is 0 Å². The Kier molecular flexibility index (Phi) is 34.9. The van der Waals surface area contributed by atoms with Crippen molar-refractivity contribution >= 4 is 11.9 Å². The molecule has 0 bridgehead atoms. The maximum Gasteiger partial charge on any atom is 0.330 e. The standard InChI is InChI=1S/C49H90O19.2C4H6O2/c1-18-51-42(41(39-35-37-40(50)38-36-39,48(61-28-11,62-29-12)63-30-13)49(64-31-14,65-32-15)66-33-16)43(52-19-2,53-20-3)45(56-23-6,57-24-7)47(60-27-10,68-67-34-17)46(58-25-8,59-26-9)44(42,54-21-4)55-22-5;2*1-3(2)4(5)6/h35-38,50H,18-34H2,1-17H3;2*1H2,2H3,(H,5,6). The molecule has 0 aromatic heterocycles. The Balaban J connectivity index is 0.00000465. The van der Waals surface area contributed by atoms with Crippen LogP contribution in [0.1, 0.15) is 137 Å². The second kappa shape index (κ2) is 36.4. The van der Waals surface area contributed by atoms with Crippen molar-refractivity contribution in [1.29, 1.82) is 0 Å². The number of hydrogen-bond donors (Lipinski definition) is 3. The zero-order chi connectivity index (χ0) is 61.5. The second-order valence-corrected chi connectivity index (χ2v) is 16.8. The molecule has 0 saturated heterocycles. The summed E-state index contributed by atoms with van der Waals surface area (Å²) < 4.78 is 117. The molecule has 0 spiro atoms. The Bertz CT molecular complexity index is 1730. The number of phenolic OH excluding ortho intramolecular Hbond substituents is 1. The van der Waals surface area contributed by atoms with Crippen LogP contribution >= 0.6 is 0 Å². The van der Waals surface area contributed by atoms with Crippen LogP contribution in [-0.4, -0.2) is 186 Å². The third kappa shape index (κ3) is 13.9. The molecule has 1 aromatic carbocycles. The summed E-state index contributed by atoms with van der Waals surface area (Å²) in [5.74, 6) is -20.8. The van der Waals surface area contributed by atoms with E-state index in [0.29, 0.717) is 0 Å². The summed E-state index contributed by atoms with van der Waals surface area (Å²) >= 11 is 0. The average Bonchev–Trinajstić information content (AvgIpc) is 3.40. The minimum absolute atomic E-state index is 0.0394. The molecule has 23 nitrogen and oxygen atoms in total. The number of carboxylic acids is 2. The van der Waals surface area contributed by atoms with E-state index in [2.05, 4.69) is 13.2 Å². The zero-order valence-electron chi connectivity index (χ0n) is 51.8. The van der Waals surface area contributed by atoms with Crippen LogP contribution in [0.15, 0.2) is 48.6 Å². The highest BCUT2D eigenvalue weighted by Gasteiger charge is 3.05. The van der Waals surface area contributed by atoms with E-state index in [1.807, 2.05) is 0 Å². The van der Waals surface area contributed by atoms with Gasteiger partial charge in [0.2, 0.25) is 5.60 Å². The van der Waals surface area contributed by atoms with Gasteiger partial charge >= 0.3 is 29.7 Å². The molecule has 0 aliphatic heterocycles. The zero-order valence-corrected chi connectivity index (χ0v) is 51.8. The van der Waals surface area contributed by atoms with Crippen LogP contribution in [0.3, 0.4) is 0 Å². The van der Waals surface area contributed by atoms with E-state index in [1.54, 1.807) is 130 Å². The van der Waals surface area contributed by atoms with Crippen LogP contribution in [0.25, 0.3) is 0 Å². The first-order valence-electron chi connectivity index (χ1n) is 28.2. The maximum atomic E-state index is 11.3. The number of carbonyl (C=O) groups is 2. The van der Waals surface area contributed by atoms with Crippen molar-refractivity contribution in [3.63, 3.8) is 0 Å². The molecule has 23 heteroatoms. The lowest BCUT2D eigenvalue weighted by molar-refractivity contribution is -0.685. The van der Waals surface area contributed by atoms with Crippen LogP contribution in [-0.2, 0) is 101 Å². The average molecular weight is 1160 g/mol. The van der Waals surface area contributed by atoms with Gasteiger partial charge in [0.25, 0.3) is 23.1 Å². The highest BCUT2D eigenvalue weighted by atomic mass is 17.2. The first-order chi connectivity index (χ1) is 38.1. The SMILES string of the molecule is C=C(C)C(=O)O.C=C(C)C(=O)O.CCOOC1(OCC)C(OCC)(OCC)C(OCC)(OCC)C(OCC)(C(c2ccc(O)cc2)(C(OCC)(OCC)OCC)C(OCC)(OCC)OCC)C(OCC)(OCC)C1(OCC)OCC. The highest BCUT2D eigenvalue weighted by Crippen LogP contribution is 2.76. The van der Waals surface area contributed by atoms with Crippen LogP contribution in [0.2, 0.25) is 0 Å². The topological polar surface area (TPSA) is 261 Å². The van der Waals surface area contributed by atoms with Crippen molar-refractivity contribution < 1.29 is 110 Å². The van der Waals surface area contributed by atoms with Gasteiger partial charge in [-0.2, -0.15) is 4.89 Å². The summed E-state index contributed by atoms with van der Waals surface area (Å²) in [5.41, 5.74) is -5.04. The number of hydrogen-bond acceptors (Lipinski definition) is 21. The summed E-state index contributed by atoms with van der Waals surface area (Å²) in [4.78, 5) is 32.2. The summed E-state index contributed by atoms with van der Waals surface area (Å²) in [7, 11) is 0. The molecular formula is C57H102O23. The maximum absolute atomic E-state index is 11.3. The molecule has 1 aliphatic carbocycles. The van der Waals surface area contributed by atoms with Gasteiger partial charge in [0.15, 0.2) is 5.41 Å². The molecule has 0 unspecified atom stereocenters. The molecule has 3 N–H and O–H groups in total. The lowest BCUT2D eigenvalue weighted by atomic mass is 9.48. The van der Waals surface area contributed by atoms with Gasteiger partial charge in [-0.25, -0.2) is 14.5 Å². The van der Waals surface area contributed by atoms with E-state index >= 15 is 0 Å². The van der Waals surface area contributed by atoms with E-state index in [4.69, 9.17) is 95.8 Å². The summed E-state index contributed by atoms with van der Waals surface area (Å²) in [6, 6.07) is 6.18. The monoisotopic (exact) mass is 1150 g/mol. The number of ether oxygens (including phenoxy) is 16. The van der Waals surface area contributed by atoms with Crippen molar-refractivity contribution in [2.45, 2.75) is 183 Å². The molecular weight excluding hydrogens is 1050 g/mol. The van der Waals surface area contributed by atoms with Gasteiger partial charge in [0, 0.05) is 117 Å². The quantitative estimate of drug-likeness (QED) is 0.0239. The summed E-state index contributed by atoms with van der Waals surface area (Å²) in [5, 5.41) is 27.1. The Morgan fingerprint density at radius 1 is 0.388 bits per heavy atom. The van der Waals surface area contributed by atoms with Crippen molar-refractivity contribution in [1.82, 2.24) is 0 Å². The fraction of sp³-hybridized carbons (Fsp3) is 0.789. The molecule has 468 valence electrons. The fourth-order valence-electron chi connectivity index (χ4n) is 10.3. The molecule has 2 rings (SSSR count). The fourth-order valence-corrected chi connectivity index (χ4v) is 10.3. The van der Waals surface area contributed by atoms with Gasteiger partial charge in [0.05, 0.1) is 6.61 Å². The first-order valence-corrected chi connectivity index (χ1v) is 28.2. The van der Waals surface area contributed by atoms with Gasteiger partial charge in [0.1, 0.15) is 5.75 Å². The van der Waals surface area contributed by atoms with Crippen molar-refractivity contribution in [3.05, 3.63) is 54.1 Å². The Morgan fingerprint density at radius 2 is 0.625 bits per heavy atom. The van der Waals surface area contributed by atoms with E-state index in [9.17, 15) is 14.7 Å². The minimum Gasteiger partial charge on any atom is -0.508 e. The third-order valence-corrected chi connectivity index (χ3v) is 11.9. The van der Waals surface area contributed by atoms with Crippen molar-refractivity contribution in [3.8, 4) is 5.75 Å². The van der Waals surface area contributed by atoms with Crippen molar-refractivity contribution in [2.24, 2.45) is 0 Å². The molecule has 0 radical (unpaired) electrons. The number of benzene rings is 1. The summed E-state index contributed by atoms with van der Waals surface area (Å²) in [6.07, 6.45) is 0. The Morgan fingerprint density at radius 3 is 0.838 bits per heavy atom. The number of phenols is 1. The first kappa shape index (κ1) is 76.7. The van der Waals surface area contributed by atoms with E-state index < -0.39 is 63.8 Å². The third-order valence-electron chi connectivity index (χ3n) is 11.9. The Labute approximate surface area is 476 Å². The van der Waals surface area contributed by atoms with Gasteiger partial charge in [-0.15, -0.1) is 0 Å². The number of carboxylic acid groups (broad SMARTS) is 2. The number of aromatic hydroxyl groups is 1. The largest absolute Gasteiger partial charge is 0.508 e. The van der Waals surface area contributed by atoms with Crippen LogP contribution in [0.5, 0.6) is 5.75 Å². The van der Waals surface area contributed by atoms with Crippen LogP contribution in [0.4, 0.5) is 0 Å². The number of rotatable bonds is 41. The van der Waals surface area contributed by atoms with E-state index in [-0.39, 0.29) is 135 Å². The molecule has 80 heavy (non-hydrogen) atoms. The van der Waals surface area contributed by atoms with E-state index in [0.717, 1.165) is 0 Å². The molecule has 1 fully saturated rings. The van der Waals surface area contributed by atoms with Gasteiger partial charge in [-0.05, 0) is 149 Å². The molecule has 0 atom stereocenters. The lowest BCUT2D eigenvalue weighted by Crippen LogP contribution is -3.04. The van der Waals surface area contributed by atoms with E-state index in [1.165, 1.54) is 26.0 Å². The Hall–Kier alpha value is -3.28. The smallest absolute Gasteiger partial charge is 0.330 e. The highest BCUT2D eigenvalue weighted by molar-refractivity contribution is 5.85. The normalized spacial score (nSPS) is 19.3. The van der Waals surface area contributed by atoms with Gasteiger partial charge < -0.3 is 91.1 Å². The lowest BCUT2D eigenvalue weighted by Gasteiger charge is -2.77. The molecule has 0 heterocycles. The molecule has 1 aromatic rings.